The molecule has 0 saturated heterocycles. The third-order valence-corrected chi connectivity index (χ3v) is 4.95. The summed E-state index contributed by atoms with van der Waals surface area (Å²) >= 11 is 0. The lowest BCUT2D eigenvalue weighted by Crippen LogP contribution is -2.27. The molecule has 0 bridgehead atoms. The van der Waals surface area contributed by atoms with Gasteiger partial charge in [-0.25, -0.2) is 9.50 Å². The predicted molar refractivity (Wildman–Crippen MR) is 93.6 cm³/mol. The molecule has 136 valence electrons. The number of hydrogen-bond acceptors (Lipinski definition) is 6. The molecule has 0 unspecified atom stereocenters. The van der Waals surface area contributed by atoms with E-state index in [1.165, 1.54) is 6.33 Å². The highest BCUT2D eigenvalue weighted by Crippen LogP contribution is 2.15. The maximum Gasteiger partial charge on any atom is 0.252 e. The zero-order chi connectivity index (χ0) is 18.1. The largest absolute Gasteiger partial charge is 0.356 e. The number of fused-ring (bicyclic) bond motifs is 2. The number of aryl methyl sites for hydroxylation is 3. The van der Waals surface area contributed by atoms with E-state index in [1.54, 1.807) is 4.52 Å². The van der Waals surface area contributed by atoms with Gasteiger partial charge in [-0.15, -0.1) is 10.2 Å². The molecule has 3 aromatic rings. The number of nitrogens with one attached hydrogen (secondary N) is 1. The Kier molecular flexibility index (Phi) is 4.36. The van der Waals surface area contributed by atoms with Gasteiger partial charge in [0, 0.05) is 43.7 Å². The summed E-state index contributed by atoms with van der Waals surface area (Å²) in [7, 11) is 0. The molecule has 26 heavy (non-hydrogen) atoms. The maximum absolute atomic E-state index is 12.2. The van der Waals surface area contributed by atoms with E-state index in [2.05, 4.69) is 35.1 Å². The summed E-state index contributed by atoms with van der Waals surface area (Å²) in [5, 5.41) is 15.6. The lowest BCUT2D eigenvalue weighted by atomic mass is 10.1. The summed E-state index contributed by atoms with van der Waals surface area (Å²) in [5.41, 5.74) is 2.93. The fraction of sp³-hybridized carbons (Fsp3) is 0.529. The van der Waals surface area contributed by atoms with E-state index in [9.17, 15) is 4.79 Å². The molecule has 1 aliphatic heterocycles. The molecule has 4 rings (SSSR count). The summed E-state index contributed by atoms with van der Waals surface area (Å²) < 4.78 is 3.88. The number of rotatable bonds is 6. The molecule has 0 atom stereocenters. The Hall–Kier alpha value is -2.84. The van der Waals surface area contributed by atoms with E-state index in [0.717, 1.165) is 48.0 Å². The minimum atomic E-state index is 0.0312. The van der Waals surface area contributed by atoms with Gasteiger partial charge in [-0.05, 0) is 32.3 Å². The van der Waals surface area contributed by atoms with Gasteiger partial charge in [-0.2, -0.15) is 10.1 Å². The Morgan fingerprint density at radius 2 is 2.15 bits per heavy atom. The monoisotopic (exact) mass is 354 g/mol. The Morgan fingerprint density at radius 3 is 3.04 bits per heavy atom. The number of amides is 1. The van der Waals surface area contributed by atoms with Crippen molar-refractivity contribution in [3.8, 4) is 0 Å². The standard InChI is InChI=1S/C17H22N8O/c1-11-13(12(2)25-17(21-11)19-10-20-25)5-6-16(26)18-8-7-15-23-22-14-4-3-9-24(14)15/h10H,3-9H2,1-2H3,(H,18,26). The van der Waals surface area contributed by atoms with E-state index in [1.807, 2.05) is 13.8 Å². The van der Waals surface area contributed by atoms with Crippen molar-refractivity contribution in [1.29, 1.82) is 0 Å². The average Bonchev–Trinajstić information content (AvgIpc) is 3.32. The van der Waals surface area contributed by atoms with E-state index in [0.29, 0.717) is 31.6 Å². The van der Waals surface area contributed by atoms with Crippen LogP contribution in [-0.2, 0) is 30.6 Å². The van der Waals surface area contributed by atoms with E-state index in [4.69, 9.17) is 0 Å². The molecule has 0 aliphatic carbocycles. The topological polar surface area (TPSA) is 103 Å². The van der Waals surface area contributed by atoms with Crippen LogP contribution < -0.4 is 5.32 Å². The number of aromatic nitrogens is 7. The quantitative estimate of drug-likeness (QED) is 0.694. The fourth-order valence-electron chi connectivity index (χ4n) is 3.55. The first-order chi connectivity index (χ1) is 12.6. The lowest BCUT2D eigenvalue weighted by Gasteiger charge is -2.10. The van der Waals surface area contributed by atoms with Gasteiger partial charge < -0.3 is 9.88 Å². The van der Waals surface area contributed by atoms with Crippen LogP contribution in [0.4, 0.5) is 0 Å². The molecule has 1 N–H and O–H groups in total. The minimum absolute atomic E-state index is 0.0312. The van der Waals surface area contributed by atoms with E-state index in [-0.39, 0.29) is 5.91 Å². The van der Waals surface area contributed by atoms with Crippen molar-refractivity contribution >= 4 is 11.7 Å². The molecule has 0 aromatic carbocycles. The van der Waals surface area contributed by atoms with Crippen LogP contribution in [0.2, 0.25) is 0 Å². The third-order valence-electron chi connectivity index (χ3n) is 4.95. The summed E-state index contributed by atoms with van der Waals surface area (Å²) in [6, 6.07) is 0. The predicted octanol–water partition coefficient (Wildman–Crippen LogP) is 0.570. The molecule has 1 amide bonds. The smallest absolute Gasteiger partial charge is 0.252 e. The van der Waals surface area contributed by atoms with E-state index >= 15 is 0 Å². The number of hydrogen-bond donors (Lipinski definition) is 1. The zero-order valence-electron chi connectivity index (χ0n) is 15.1. The van der Waals surface area contributed by atoms with Crippen LogP contribution in [0.15, 0.2) is 6.33 Å². The molecule has 0 radical (unpaired) electrons. The van der Waals surface area contributed by atoms with Gasteiger partial charge in [-0.1, -0.05) is 0 Å². The van der Waals surface area contributed by atoms with Crippen molar-refractivity contribution in [2.24, 2.45) is 0 Å². The van der Waals surface area contributed by atoms with Crippen molar-refractivity contribution in [3.63, 3.8) is 0 Å². The fourth-order valence-corrected chi connectivity index (χ4v) is 3.55. The van der Waals surface area contributed by atoms with Crippen LogP contribution in [0.25, 0.3) is 5.78 Å². The molecule has 1 aliphatic rings. The zero-order valence-corrected chi connectivity index (χ0v) is 15.1. The second-order valence-corrected chi connectivity index (χ2v) is 6.62. The first kappa shape index (κ1) is 16.6. The highest BCUT2D eigenvalue weighted by Gasteiger charge is 2.17. The van der Waals surface area contributed by atoms with Crippen LogP contribution in [0.3, 0.4) is 0 Å². The van der Waals surface area contributed by atoms with Crippen LogP contribution in [-0.4, -0.2) is 46.8 Å². The first-order valence-corrected chi connectivity index (χ1v) is 8.97. The number of carbonyl (C=O) groups is 1. The molecular weight excluding hydrogens is 332 g/mol. The summed E-state index contributed by atoms with van der Waals surface area (Å²) in [6.07, 6.45) is 5.39. The molecule has 0 fully saturated rings. The van der Waals surface area contributed by atoms with Gasteiger partial charge in [-0.3, -0.25) is 4.79 Å². The molecule has 9 nitrogen and oxygen atoms in total. The van der Waals surface area contributed by atoms with Crippen molar-refractivity contribution in [2.75, 3.05) is 6.54 Å². The van der Waals surface area contributed by atoms with Gasteiger partial charge in [0.25, 0.3) is 5.78 Å². The molecule has 0 saturated carbocycles. The summed E-state index contributed by atoms with van der Waals surface area (Å²) in [4.78, 5) is 20.8. The van der Waals surface area contributed by atoms with Crippen LogP contribution >= 0.6 is 0 Å². The van der Waals surface area contributed by atoms with Crippen molar-refractivity contribution in [2.45, 2.75) is 52.5 Å². The van der Waals surface area contributed by atoms with Gasteiger partial charge in [0.1, 0.15) is 18.0 Å². The van der Waals surface area contributed by atoms with Gasteiger partial charge >= 0.3 is 0 Å². The van der Waals surface area contributed by atoms with Crippen molar-refractivity contribution in [3.05, 3.63) is 34.9 Å². The normalized spacial score (nSPS) is 13.3. The highest BCUT2D eigenvalue weighted by molar-refractivity contribution is 5.76. The second kappa shape index (κ2) is 6.81. The van der Waals surface area contributed by atoms with Crippen molar-refractivity contribution < 1.29 is 4.79 Å². The number of nitrogens with zero attached hydrogens (tertiary/aromatic N) is 7. The van der Waals surface area contributed by atoms with Crippen LogP contribution in [0, 0.1) is 13.8 Å². The molecule has 9 heteroatoms. The third kappa shape index (κ3) is 3.04. The van der Waals surface area contributed by atoms with Crippen LogP contribution in [0.1, 0.15) is 41.4 Å². The summed E-state index contributed by atoms with van der Waals surface area (Å²) in [5.74, 6) is 2.65. The SMILES string of the molecule is Cc1nc2ncnn2c(C)c1CCC(=O)NCCc1nnc2n1CCC2. The van der Waals surface area contributed by atoms with Gasteiger partial charge in [0.15, 0.2) is 0 Å². The maximum atomic E-state index is 12.2. The van der Waals surface area contributed by atoms with Crippen LogP contribution in [0.5, 0.6) is 0 Å². The Balaban J connectivity index is 1.31. The molecule has 4 heterocycles. The Bertz CT molecular complexity index is 957. The lowest BCUT2D eigenvalue weighted by molar-refractivity contribution is -0.121. The number of carbonyl (C=O) groups excluding carboxylic acids is 1. The molecular formula is C17H22N8O. The Labute approximate surface area is 150 Å². The van der Waals surface area contributed by atoms with Crippen molar-refractivity contribution in [1.82, 2.24) is 39.7 Å². The second-order valence-electron chi connectivity index (χ2n) is 6.62. The van der Waals surface area contributed by atoms with Gasteiger partial charge in [0.2, 0.25) is 5.91 Å². The summed E-state index contributed by atoms with van der Waals surface area (Å²) in [6.45, 7) is 5.49. The highest BCUT2D eigenvalue weighted by atomic mass is 16.1. The molecule has 3 aromatic heterocycles. The average molecular weight is 354 g/mol. The minimum Gasteiger partial charge on any atom is -0.356 e. The first-order valence-electron chi connectivity index (χ1n) is 8.97. The van der Waals surface area contributed by atoms with Gasteiger partial charge in [0.05, 0.1) is 0 Å². The molecule has 0 spiro atoms. The Morgan fingerprint density at radius 1 is 1.27 bits per heavy atom. The van der Waals surface area contributed by atoms with E-state index < -0.39 is 0 Å².